The van der Waals surface area contributed by atoms with Gasteiger partial charge in [0.15, 0.2) is 0 Å². The Hall–Kier alpha value is -2.48. The van der Waals surface area contributed by atoms with Crippen molar-refractivity contribution in [1.29, 1.82) is 0 Å². The number of benzene rings is 1. The molecule has 1 saturated heterocycles. The molecule has 0 spiro atoms. The molecule has 3 amide bonds. The van der Waals surface area contributed by atoms with Crippen LogP contribution < -0.4 is 16.0 Å². The molecular formula is C18H25FN4O3. The van der Waals surface area contributed by atoms with Crippen LogP contribution in [0.4, 0.5) is 4.39 Å². The van der Waals surface area contributed by atoms with Gasteiger partial charge in [-0.25, -0.2) is 4.39 Å². The largest absolute Gasteiger partial charge is 0.355 e. The molecule has 1 aromatic rings. The molecule has 0 aliphatic carbocycles. The van der Waals surface area contributed by atoms with E-state index in [1.165, 1.54) is 19.1 Å². The summed E-state index contributed by atoms with van der Waals surface area (Å²) in [4.78, 5) is 36.8. The monoisotopic (exact) mass is 364 g/mol. The summed E-state index contributed by atoms with van der Waals surface area (Å²) in [5, 5.41) is 8.46. The van der Waals surface area contributed by atoms with E-state index in [9.17, 15) is 18.8 Å². The van der Waals surface area contributed by atoms with Gasteiger partial charge in [0.2, 0.25) is 17.7 Å². The summed E-state index contributed by atoms with van der Waals surface area (Å²) in [5.41, 5.74) is 0.741. The number of nitrogens with zero attached hydrogens (tertiary/aromatic N) is 1. The van der Waals surface area contributed by atoms with Crippen LogP contribution in [0.2, 0.25) is 0 Å². The van der Waals surface area contributed by atoms with Gasteiger partial charge in [-0.2, -0.15) is 0 Å². The van der Waals surface area contributed by atoms with Crippen LogP contribution in [-0.2, 0) is 14.4 Å². The fourth-order valence-electron chi connectivity index (χ4n) is 2.91. The quantitative estimate of drug-likeness (QED) is 0.608. The van der Waals surface area contributed by atoms with Gasteiger partial charge < -0.3 is 20.9 Å². The minimum Gasteiger partial charge on any atom is -0.355 e. The first-order valence-corrected chi connectivity index (χ1v) is 8.74. The van der Waals surface area contributed by atoms with Crippen LogP contribution in [0.5, 0.6) is 0 Å². The third-order valence-electron chi connectivity index (χ3n) is 4.18. The molecule has 1 atom stereocenters. The van der Waals surface area contributed by atoms with Crippen LogP contribution in [0, 0.1) is 5.82 Å². The SMILES string of the molecule is CC(=O)NCCNC(=O)CCC(=O)N1CCNCC1c1cccc(F)c1. The van der Waals surface area contributed by atoms with Gasteiger partial charge in [0.25, 0.3) is 0 Å². The number of piperazine rings is 1. The van der Waals surface area contributed by atoms with E-state index in [0.29, 0.717) is 32.7 Å². The summed E-state index contributed by atoms with van der Waals surface area (Å²) in [6.45, 7) is 3.83. The summed E-state index contributed by atoms with van der Waals surface area (Å²) < 4.78 is 13.5. The number of nitrogens with one attached hydrogen (secondary N) is 3. The van der Waals surface area contributed by atoms with Crippen LogP contribution in [-0.4, -0.2) is 55.3 Å². The molecule has 142 valence electrons. The van der Waals surface area contributed by atoms with E-state index < -0.39 is 0 Å². The summed E-state index contributed by atoms with van der Waals surface area (Å²) >= 11 is 0. The molecule has 1 heterocycles. The van der Waals surface area contributed by atoms with Crippen LogP contribution >= 0.6 is 0 Å². The number of carbonyl (C=O) groups excluding carboxylic acids is 3. The Kier molecular flexibility index (Phi) is 7.53. The molecular weight excluding hydrogens is 339 g/mol. The van der Waals surface area contributed by atoms with E-state index in [0.717, 1.165) is 5.56 Å². The van der Waals surface area contributed by atoms with Gasteiger partial charge in [0.05, 0.1) is 6.04 Å². The number of amides is 3. The maximum absolute atomic E-state index is 13.5. The van der Waals surface area contributed by atoms with E-state index >= 15 is 0 Å². The van der Waals surface area contributed by atoms with E-state index in [1.54, 1.807) is 17.0 Å². The summed E-state index contributed by atoms with van der Waals surface area (Å²) in [6, 6.07) is 6.00. The van der Waals surface area contributed by atoms with Gasteiger partial charge in [-0.15, -0.1) is 0 Å². The smallest absolute Gasteiger partial charge is 0.223 e. The Morgan fingerprint density at radius 1 is 1.23 bits per heavy atom. The molecule has 3 N–H and O–H groups in total. The minimum absolute atomic E-state index is 0.0820. The zero-order valence-corrected chi connectivity index (χ0v) is 14.9. The van der Waals surface area contributed by atoms with Gasteiger partial charge in [0, 0.05) is 52.5 Å². The lowest BCUT2D eigenvalue weighted by Crippen LogP contribution is -2.48. The predicted molar refractivity (Wildman–Crippen MR) is 94.7 cm³/mol. The minimum atomic E-state index is -0.334. The molecule has 0 radical (unpaired) electrons. The van der Waals surface area contributed by atoms with Gasteiger partial charge in [-0.05, 0) is 17.7 Å². The fraction of sp³-hybridized carbons (Fsp3) is 0.500. The molecule has 2 rings (SSSR count). The number of hydrogen-bond acceptors (Lipinski definition) is 4. The normalized spacial score (nSPS) is 16.8. The first-order chi connectivity index (χ1) is 12.5. The Morgan fingerprint density at radius 3 is 2.73 bits per heavy atom. The second-order valence-electron chi connectivity index (χ2n) is 6.19. The average molecular weight is 364 g/mol. The van der Waals surface area contributed by atoms with Crippen molar-refractivity contribution < 1.29 is 18.8 Å². The van der Waals surface area contributed by atoms with Gasteiger partial charge in [0.1, 0.15) is 5.82 Å². The van der Waals surface area contributed by atoms with Gasteiger partial charge in [-0.1, -0.05) is 12.1 Å². The topological polar surface area (TPSA) is 90.5 Å². The van der Waals surface area contributed by atoms with E-state index in [2.05, 4.69) is 16.0 Å². The third kappa shape index (κ3) is 6.11. The van der Waals surface area contributed by atoms with Crippen molar-refractivity contribution in [2.45, 2.75) is 25.8 Å². The first-order valence-electron chi connectivity index (χ1n) is 8.74. The fourth-order valence-corrected chi connectivity index (χ4v) is 2.91. The Balaban J connectivity index is 1.84. The lowest BCUT2D eigenvalue weighted by atomic mass is 10.0. The van der Waals surface area contributed by atoms with Crippen molar-refractivity contribution in [3.05, 3.63) is 35.6 Å². The second kappa shape index (κ2) is 9.86. The Labute approximate surface area is 152 Å². The lowest BCUT2D eigenvalue weighted by molar-refractivity contribution is -0.136. The highest BCUT2D eigenvalue weighted by Crippen LogP contribution is 2.23. The van der Waals surface area contributed by atoms with Gasteiger partial charge >= 0.3 is 0 Å². The summed E-state index contributed by atoms with van der Waals surface area (Å²) in [5.74, 6) is -0.852. The number of rotatable bonds is 7. The van der Waals surface area contributed by atoms with E-state index in [4.69, 9.17) is 0 Å². The van der Waals surface area contributed by atoms with Crippen molar-refractivity contribution in [3.63, 3.8) is 0 Å². The highest BCUT2D eigenvalue weighted by molar-refractivity contribution is 5.84. The molecule has 1 aliphatic heterocycles. The van der Waals surface area contributed by atoms with Crippen LogP contribution in [0.25, 0.3) is 0 Å². The molecule has 1 aromatic carbocycles. The third-order valence-corrected chi connectivity index (χ3v) is 4.18. The van der Waals surface area contributed by atoms with Crippen LogP contribution in [0.1, 0.15) is 31.4 Å². The highest BCUT2D eigenvalue weighted by Gasteiger charge is 2.28. The molecule has 7 nitrogen and oxygen atoms in total. The predicted octanol–water partition coefficient (Wildman–Crippen LogP) is 0.331. The highest BCUT2D eigenvalue weighted by atomic mass is 19.1. The molecule has 1 aliphatic rings. The van der Waals surface area contributed by atoms with Crippen molar-refractivity contribution in [2.24, 2.45) is 0 Å². The van der Waals surface area contributed by atoms with E-state index in [1.807, 2.05) is 0 Å². The Bertz CT molecular complexity index is 653. The number of carbonyl (C=O) groups is 3. The Morgan fingerprint density at radius 2 is 2.00 bits per heavy atom. The number of hydrogen-bond donors (Lipinski definition) is 3. The average Bonchev–Trinajstić information content (AvgIpc) is 2.63. The molecule has 0 saturated carbocycles. The first kappa shape index (κ1) is 19.8. The summed E-state index contributed by atoms with van der Waals surface area (Å²) in [7, 11) is 0. The standard InChI is InChI=1S/C18H25FN4O3/c1-13(24)21-7-8-22-17(25)5-6-18(26)23-10-9-20-12-16(23)14-3-2-4-15(19)11-14/h2-4,11,16,20H,5-10,12H2,1H3,(H,21,24)(H,22,25). The maximum Gasteiger partial charge on any atom is 0.223 e. The van der Waals surface area contributed by atoms with Crippen molar-refractivity contribution in [2.75, 3.05) is 32.7 Å². The molecule has 1 unspecified atom stereocenters. The van der Waals surface area contributed by atoms with Crippen molar-refractivity contribution >= 4 is 17.7 Å². The molecule has 0 aromatic heterocycles. The maximum atomic E-state index is 13.5. The lowest BCUT2D eigenvalue weighted by Gasteiger charge is -2.36. The van der Waals surface area contributed by atoms with Gasteiger partial charge in [-0.3, -0.25) is 14.4 Å². The van der Waals surface area contributed by atoms with Crippen LogP contribution in [0.15, 0.2) is 24.3 Å². The van der Waals surface area contributed by atoms with E-state index in [-0.39, 0.29) is 42.4 Å². The van der Waals surface area contributed by atoms with Crippen molar-refractivity contribution in [1.82, 2.24) is 20.9 Å². The van der Waals surface area contributed by atoms with Crippen molar-refractivity contribution in [3.8, 4) is 0 Å². The zero-order valence-electron chi connectivity index (χ0n) is 14.9. The number of halogens is 1. The summed E-state index contributed by atoms with van der Waals surface area (Å²) in [6.07, 6.45) is 0.177. The zero-order chi connectivity index (χ0) is 18.9. The molecule has 0 bridgehead atoms. The molecule has 8 heteroatoms. The molecule has 26 heavy (non-hydrogen) atoms. The second-order valence-corrected chi connectivity index (χ2v) is 6.19. The van der Waals surface area contributed by atoms with Crippen LogP contribution in [0.3, 0.4) is 0 Å². The molecule has 1 fully saturated rings.